The van der Waals surface area contributed by atoms with Gasteiger partial charge in [-0.1, -0.05) is 6.07 Å². The van der Waals surface area contributed by atoms with Gasteiger partial charge in [0, 0.05) is 0 Å². The minimum atomic E-state index is -2.40. The van der Waals surface area contributed by atoms with Crippen molar-refractivity contribution in [2.24, 2.45) is 4.36 Å². The summed E-state index contributed by atoms with van der Waals surface area (Å²) in [6.07, 6.45) is 1.92. The molecule has 0 amide bonds. The molecule has 1 aliphatic carbocycles. The SMILES string of the molecule is O=C(O)c1ccc2c(c1)CC(N=S(=O)=O)CC2. The van der Waals surface area contributed by atoms with Gasteiger partial charge in [0.25, 0.3) is 0 Å². The number of hydrogen-bond donors (Lipinski definition) is 1. The lowest BCUT2D eigenvalue weighted by Crippen LogP contribution is -2.17. The molecule has 0 spiro atoms. The summed E-state index contributed by atoms with van der Waals surface area (Å²) in [7, 11) is -2.40. The molecule has 0 bridgehead atoms. The van der Waals surface area contributed by atoms with Gasteiger partial charge in [-0.2, -0.15) is 12.8 Å². The van der Waals surface area contributed by atoms with E-state index < -0.39 is 16.5 Å². The van der Waals surface area contributed by atoms with Crippen LogP contribution in [0, 0.1) is 0 Å². The van der Waals surface area contributed by atoms with Crippen LogP contribution in [0.15, 0.2) is 22.6 Å². The number of carboxylic acid groups (broad SMARTS) is 1. The molecule has 6 heteroatoms. The van der Waals surface area contributed by atoms with Gasteiger partial charge in [-0.15, -0.1) is 0 Å². The average molecular weight is 253 g/mol. The Morgan fingerprint density at radius 1 is 1.35 bits per heavy atom. The number of hydrogen-bond acceptors (Lipinski definition) is 4. The van der Waals surface area contributed by atoms with Crippen LogP contribution in [-0.4, -0.2) is 25.5 Å². The highest BCUT2D eigenvalue weighted by Crippen LogP contribution is 2.24. The van der Waals surface area contributed by atoms with E-state index in [1.807, 2.05) is 0 Å². The first kappa shape index (κ1) is 11.8. The molecular formula is C11H11NO4S. The highest BCUT2D eigenvalue weighted by Gasteiger charge is 2.19. The third-order valence-electron chi connectivity index (χ3n) is 2.89. The third kappa shape index (κ3) is 2.71. The molecule has 0 saturated heterocycles. The zero-order chi connectivity index (χ0) is 12.4. The van der Waals surface area contributed by atoms with Crippen molar-refractivity contribution in [2.75, 3.05) is 0 Å². The summed E-state index contributed by atoms with van der Waals surface area (Å²) in [5.74, 6) is -0.973. The zero-order valence-electron chi connectivity index (χ0n) is 8.96. The Kier molecular flexibility index (Phi) is 3.23. The fourth-order valence-electron chi connectivity index (χ4n) is 2.08. The van der Waals surface area contributed by atoms with E-state index in [1.165, 1.54) is 0 Å². The van der Waals surface area contributed by atoms with E-state index in [0.717, 1.165) is 17.5 Å². The van der Waals surface area contributed by atoms with E-state index >= 15 is 0 Å². The normalized spacial score (nSPS) is 18.2. The van der Waals surface area contributed by atoms with Crippen molar-refractivity contribution >= 4 is 16.5 Å². The van der Waals surface area contributed by atoms with Gasteiger partial charge in [0.2, 0.25) is 0 Å². The van der Waals surface area contributed by atoms with Crippen LogP contribution in [0.1, 0.15) is 27.9 Å². The van der Waals surface area contributed by atoms with Crippen molar-refractivity contribution in [3.8, 4) is 0 Å². The van der Waals surface area contributed by atoms with Crippen LogP contribution < -0.4 is 0 Å². The molecule has 1 aromatic carbocycles. The second-order valence-electron chi connectivity index (χ2n) is 4.01. The van der Waals surface area contributed by atoms with Crippen molar-refractivity contribution < 1.29 is 18.3 Å². The van der Waals surface area contributed by atoms with Crippen LogP contribution in [-0.2, 0) is 23.3 Å². The third-order valence-corrected chi connectivity index (χ3v) is 3.36. The minimum Gasteiger partial charge on any atom is -0.478 e. The van der Waals surface area contributed by atoms with Gasteiger partial charge in [0.1, 0.15) is 0 Å². The molecule has 17 heavy (non-hydrogen) atoms. The van der Waals surface area contributed by atoms with E-state index in [4.69, 9.17) is 5.11 Å². The molecule has 0 aliphatic heterocycles. The van der Waals surface area contributed by atoms with Crippen molar-refractivity contribution in [2.45, 2.75) is 25.3 Å². The van der Waals surface area contributed by atoms with Crippen molar-refractivity contribution in [1.82, 2.24) is 0 Å². The van der Waals surface area contributed by atoms with Crippen LogP contribution in [0.4, 0.5) is 0 Å². The molecule has 1 atom stereocenters. The fourth-order valence-corrected chi connectivity index (χ4v) is 2.51. The van der Waals surface area contributed by atoms with Gasteiger partial charge in [-0.05, 0) is 42.5 Å². The topological polar surface area (TPSA) is 83.8 Å². The molecule has 1 N–H and O–H groups in total. The van der Waals surface area contributed by atoms with Gasteiger partial charge in [0.05, 0.1) is 11.6 Å². The van der Waals surface area contributed by atoms with Gasteiger partial charge in [-0.25, -0.2) is 4.79 Å². The standard InChI is InChI=1S/C11H11NO4S/c13-11(14)8-2-1-7-3-4-10(12-17(15)16)6-9(7)5-8/h1-2,5,10H,3-4,6H2,(H,13,14). The monoisotopic (exact) mass is 253 g/mol. The van der Waals surface area contributed by atoms with Crippen LogP contribution in [0.3, 0.4) is 0 Å². The van der Waals surface area contributed by atoms with E-state index in [1.54, 1.807) is 18.2 Å². The van der Waals surface area contributed by atoms with Crippen molar-refractivity contribution in [3.63, 3.8) is 0 Å². The predicted molar refractivity (Wildman–Crippen MR) is 60.6 cm³/mol. The maximum Gasteiger partial charge on any atom is 0.335 e. The summed E-state index contributed by atoms with van der Waals surface area (Å²) in [6, 6.07) is 4.71. The van der Waals surface area contributed by atoms with E-state index in [-0.39, 0.29) is 11.6 Å². The lowest BCUT2D eigenvalue weighted by atomic mass is 9.88. The molecule has 90 valence electrons. The fraction of sp³-hybridized carbons (Fsp3) is 0.364. The molecule has 0 radical (unpaired) electrons. The van der Waals surface area contributed by atoms with E-state index in [9.17, 15) is 13.2 Å². The number of rotatable bonds is 2. The molecule has 1 aliphatic rings. The largest absolute Gasteiger partial charge is 0.478 e. The summed E-state index contributed by atoms with van der Waals surface area (Å²) in [5, 5.41) is 8.88. The van der Waals surface area contributed by atoms with Crippen LogP contribution in [0.2, 0.25) is 0 Å². The minimum absolute atomic E-state index is 0.229. The molecular weight excluding hydrogens is 242 g/mol. The lowest BCUT2D eigenvalue weighted by molar-refractivity contribution is 0.0696. The summed E-state index contributed by atoms with van der Waals surface area (Å²) in [4.78, 5) is 10.8. The van der Waals surface area contributed by atoms with Gasteiger partial charge < -0.3 is 5.11 Å². The Bertz CT molecular complexity index is 583. The smallest absolute Gasteiger partial charge is 0.335 e. The highest BCUT2D eigenvalue weighted by atomic mass is 32.2. The van der Waals surface area contributed by atoms with Crippen molar-refractivity contribution in [1.29, 1.82) is 0 Å². The summed E-state index contributed by atoms with van der Waals surface area (Å²) in [6.45, 7) is 0. The molecule has 0 aromatic heterocycles. The van der Waals surface area contributed by atoms with Crippen molar-refractivity contribution in [3.05, 3.63) is 34.9 Å². The molecule has 2 rings (SSSR count). The number of aryl methyl sites for hydroxylation is 1. The first-order chi connectivity index (χ1) is 8.06. The number of aromatic carboxylic acids is 1. The Morgan fingerprint density at radius 2 is 2.12 bits per heavy atom. The van der Waals surface area contributed by atoms with Crippen LogP contribution in [0.25, 0.3) is 0 Å². The number of fused-ring (bicyclic) bond motifs is 1. The van der Waals surface area contributed by atoms with E-state index in [0.29, 0.717) is 12.8 Å². The number of nitrogens with zero attached hydrogens (tertiary/aromatic N) is 1. The van der Waals surface area contributed by atoms with Gasteiger partial charge in [-0.3, -0.25) is 0 Å². The second-order valence-corrected chi connectivity index (χ2v) is 4.65. The maximum absolute atomic E-state index is 10.8. The Morgan fingerprint density at radius 3 is 2.76 bits per heavy atom. The predicted octanol–water partition coefficient (Wildman–Crippen LogP) is 1.30. The molecule has 0 saturated carbocycles. The Balaban J connectivity index is 2.32. The first-order valence-electron chi connectivity index (χ1n) is 5.21. The second kappa shape index (κ2) is 4.67. The lowest BCUT2D eigenvalue weighted by Gasteiger charge is -2.20. The number of carboxylic acids is 1. The van der Waals surface area contributed by atoms with Gasteiger partial charge in [0.15, 0.2) is 0 Å². The van der Waals surface area contributed by atoms with Crippen LogP contribution >= 0.6 is 0 Å². The highest BCUT2D eigenvalue weighted by molar-refractivity contribution is 7.61. The van der Waals surface area contributed by atoms with Gasteiger partial charge >= 0.3 is 16.5 Å². The molecule has 1 unspecified atom stereocenters. The maximum atomic E-state index is 10.8. The number of benzene rings is 1. The Labute approximate surface area is 99.8 Å². The molecule has 5 nitrogen and oxygen atoms in total. The first-order valence-corrected chi connectivity index (χ1v) is 6.25. The summed E-state index contributed by atoms with van der Waals surface area (Å²) in [5.41, 5.74) is 2.20. The van der Waals surface area contributed by atoms with Crippen LogP contribution in [0.5, 0.6) is 0 Å². The zero-order valence-corrected chi connectivity index (χ0v) is 9.77. The quantitative estimate of drug-likeness (QED) is 0.861. The molecule has 1 aromatic rings. The van der Waals surface area contributed by atoms with E-state index in [2.05, 4.69) is 4.36 Å². The molecule has 0 heterocycles. The number of carbonyl (C=O) groups is 1. The Hall–Kier alpha value is -1.69. The molecule has 0 fully saturated rings. The summed E-state index contributed by atoms with van der Waals surface area (Å²) >= 11 is 0. The average Bonchev–Trinajstić information content (AvgIpc) is 2.27. The summed E-state index contributed by atoms with van der Waals surface area (Å²) < 4.78 is 24.6.